The normalized spacial score (nSPS) is 17.0. The molecule has 1 saturated carbocycles. The van der Waals surface area contributed by atoms with E-state index >= 15 is 0 Å². The van der Waals surface area contributed by atoms with Crippen molar-refractivity contribution < 1.29 is 4.79 Å². The summed E-state index contributed by atoms with van der Waals surface area (Å²) in [5.41, 5.74) is 3.70. The lowest BCUT2D eigenvalue weighted by Gasteiger charge is -2.31. The molecule has 1 N–H and O–H groups in total. The van der Waals surface area contributed by atoms with Crippen LogP contribution in [0, 0.1) is 5.41 Å². The van der Waals surface area contributed by atoms with Crippen molar-refractivity contribution in [3.8, 4) is 11.3 Å². The number of H-pyrrole nitrogens is 1. The zero-order chi connectivity index (χ0) is 19.9. The highest BCUT2D eigenvalue weighted by molar-refractivity contribution is 6.88. The fraction of sp³-hybridized carbons (Fsp3) is 0.435. The maximum absolute atomic E-state index is 13.3. The minimum absolute atomic E-state index is 0.209. The number of aromatic nitrogens is 3. The van der Waals surface area contributed by atoms with Crippen molar-refractivity contribution in [2.75, 3.05) is 0 Å². The highest BCUT2D eigenvalue weighted by Crippen LogP contribution is 2.39. The van der Waals surface area contributed by atoms with Crippen LogP contribution in [0.15, 0.2) is 36.7 Å². The molecule has 4 rings (SSSR count). The average Bonchev–Trinajstić information content (AvgIpc) is 3.10. The zero-order valence-electron chi connectivity index (χ0n) is 17.3. The minimum Gasteiger partial charge on any atom is -0.344 e. The average molecular weight is 392 g/mol. The van der Waals surface area contributed by atoms with Crippen LogP contribution in [0.5, 0.6) is 0 Å². The van der Waals surface area contributed by atoms with Crippen LogP contribution >= 0.6 is 0 Å². The third kappa shape index (κ3) is 3.44. The summed E-state index contributed by atoms with van der Waals surface area (Å²) in [6.07, 6.45) is 9.02. The van der Waals surface area contributed by atoms with Crippen molar-refractivity contribution in [2.24, 2.45) is 5.41 Å². The van der Waals surface area contributed by atoms with Gasteiger partial charge in [0.25, 0.3) is 0 Å². The summed E-state index contributed by atoms with van der Waals surface area (Å²) in [6.45, 7) is 9.14. The Hall–Kier alpha value is -2.27. The van der Waals surface area contributed by atoms with Gasteiger partial charge >= 0.3 is 0 Å². The summed E-state index contributed by atoms with van der Waals surface area (Å²) < 4.78 is 0. The second kappa shape index (κ2) is 6.96. The Bertz CT molecular complexity index is 1030. The molecule has 0 atom stereocenters. The number of carbonyl (C=O) groups excluding carboxylic acids is 1. The van der Waals surface area contributed by atoms with Gasteiger partial charge in [-0.15, -0.1) is 0 Å². The van der Waals surface area contributed by atoms with Gasteiger partial charge in [0.2, 0.25) is 0 Å². The Labute approximate surface area is 167 Å². The molecule has 0 radical (unpaired) electrons. The standard InChI is InChI=1S/C23H29N3OSi/c1-23(11-6-5-7-12-23)21(27)18-14-24-22-20(18)26-19(15-25-22)16-9-8-10-17(13-16)28(2,3)4/h8-10,13-15H,5-7,11-12H2,1-4H3,(H,24,25). The lowest BCUT2D eigenvalue weighted by atomic mass is 9.71. The van der Waals surface area contributed by atoms with E-state index in [1.54, 1.807) is 12.4 Å². The number of ketones is 1. The van der Waals surface area contributed by atoms with Crippen molar-refractivity contribution in [3.63, 3.8) is 0 Å². The number of benzene rings is 1. The van der Waals surface area contributed by atoms with Crippen LogP contribution in [0.1, 0.15) is 49.4 Å². The summed E-state index contributed by atoms with van der Waals surface area (Å²) >= 11 is 0. The van der Waals surface area contributed by atoms with Gasteiger partial charge in [-0.3, -0.25) is 4.79 Å². The maximum atomic E-state index is 13.3. The second-order valence-corrected chi connectivity index (χ2v) is 14.5. The third-order valence-corrected chi connectivity index (χ3v) is 8.20. The van der Waals surface area contributed by atoms with Gasteiger partial charge in [0.05, 0.1) is 25.5 Å². The molecule has 3 aromatic rings. The summed E-state index contributed by atoms with van der Waals surface area (Å²) in [5, 5.41) is 1.40. The van der Waals surface area contributed by atoms with Gasteiger partial charge in [-0.05, 0) is 12.8 Å². The van der Waals surface area contributed by atoms with E-state index in [0.29, 0.717) is 16.7 Å². The number of nitrogens with zero attached hydrogens (tertiary/aromatic N) is 2. The van der Waals surface area contributed by atoms with Crippen LogP contribution < -0.4 is 5.19 Å². The Morgan fingerprint density at radius 2 is 1.89 bits per heavy atom. The molecule has 0 unspecified atom stereocenters. The van der Waals surface area contributed by atoms with E-state index in [9.17, 15) is 4.79 Å². The molecule has 0 spiro atoms. The lowest BCUT2D eigenvalue weighted by Crippen LogP contribution is -2.37. The summed E-state index contributed by atoms with van der Waals surface area (Å²) in [7, 11) is -1.41. The number of hydrogen-bond donors (Lipinski definition) is 1. The van der Waals surface area contributed by atoms with Crippen LogP contribution in [0.3, 0.4) is 0 Å². The molecule has 1 aliphatic carbocycles. The van der Waals surface area contributed by atoms with Crippen molar-refractivity contribution in [2.45, 2.75) is 58.7 Å². The Balaban J connectivity index is 1.76. The summed E-state index contributed by atoms with van der Waals surface area (Å²) in [6, 6.07) is 8.62. The largest absolute Gasteiger partial charge is 0.344 e. The molecule has 2 heterocycles. The molecule has 28 heavy (non-hydrogen) atoms. The molecule has 5 heteroatoms. The fourth-order valence-corrected chi connectivity index (χ4v) is 5.42. The van der Waals surface area contributed by atoms with E-state index in [-0.39, 0.29) is 11.2 Å². The Morgan fingerprint density at radius 1 is 1.14 bits per heavy atom. The van der Waals surface area contributed by atoms with Gasteiger partial charge < -0.3 is 4.98 Å². The van der Waals surface area contributed by atoms with Gasteiger partial charge in [0.1, 0.15) is 5.52 Å². The van der Waals surface area contributed by atoms with E-state index in [4.69, 9.17) is 4.98 Å². The van der Waals surface area contributed by atoms with Crippen LogP contribution in [0.4, 0.5) is 0 Å². The number of fused-ring (bicyclic) bond motifs is 1. The van der Waals surface area contributed by atoms with Crippen molar-refractivity contribution >= 4 is 30.2 Å². The maximum Gasteiger partial charge on any atom is 0.172 e. The van der Waals surface area contributed by atoms with Gasteiger partial charge in [-0.1, -0.05) is 75.3 Å². The molecule has 1 aliphatic rings. The lowest BCUT2D eigenvalue weighted by molar-refractivity contribution is 0.0751. The molecular formula is C23H29N3OSi. The van der Waals surface area contributed by atoms with Gasteiger partial charge in [0.15, 0.2) is 11.4 Å². The van der Waals surface area contributed by atoms with Crippen LogP contribution in [-0.4, -0.2) is 28.8 Å². The molecule has 2 aromatic heterocycles. The minimum atomic E-state index is -1.41. The first-order valence-corrected chi connectivity index (χ1v) is 13.8. The van der Waals surface area contributed by atoms with Gasteiger partial charge in [-0.2, -0.15) is 0 Å². The smallest absolute Gasteiger partial charge is 0.172 e. The summed E-state index contributed by atoms with van der Waals surface area (Å²) in [5.74, 6) is 0.209. The first-order chi connectivity index (χ1) is 13.3. The predicted molar refractivity (Wildman–Crippen MR) is 118 cm³/mol. The van der Waals surface area contributed by atoms with Gasteiger partial charge in [-0.25, -0.2) is 9.97 Å². The van der Waals surface area contributed by atoms with Crippen molar-refractivity contribution in [3.05, 3.63) is 42.2 Å². The van der Waals surface area contributed by atoms with Crippen LogP contribution in [-0.2, 0) is 0 Å². The predicted octanol–water partition coefficient (Wildman–Crippen LogP) is 5.32. The van der Waals surface area contributed by atoms with Crippen molar-refractivity contribution in [1.82, 2.24) is 15.0 Å². The molecule has 146 valence electrons. The summed E-state index contributed by atoms with van der Waals surface area (Å²) in [4.78, 5) is 25.9. The first-order valence-electron chi connectivity index (χ1n) is 10.3. The Morgan fingerprint density at radius 3 is 2.61 bits per heavy atom. The molecule has 4 nitrogen and oxygen atoms in total. The number of rotatable bonds is 4. The molecule has 1 aromatic carbocycles. The van der Waals surface area contributed by atoms with Gasteiger partial charge in [0, 0.05) is 17.2 Å². The number of nitrogens with one attached hydrogen (secondary N) is 1. The van der Waals surface area contributed by atoms with Crippen LogP contribution in [0.2, 0.25) is 19.6 Å². The monoisotopic (exact) mass is 391 g/mol. The van der Waals surface area contributed by atoms with Crippen molar-refractivity contribution in [1.29, 1.82) is 0 Å². The molecule has 0 saturated heterocycles. The second-order valence-electron chi connectivity index (χ2n) is 9.44. The number of hydrogen-bond acceptors (Lipinski definition) is 3. The highest BCUT2D eigenvalue weighted by atomic mass is 28.3. The molecular weight excluding hydrogens is 362 g/mol. The number of Topliss-reactive ketones (excluding diaryl/α,β-unsaturated/α-hetero) is 1. The molecule has 0 bridgehead atoms. The quantitative estimate of drug-likeness (QED) is 0.483. The molecule has 0 aliphatic heterocycles. The Kier molecular flexibility index (Phi) is 4.74. The highest BCUT2D eigenvalue weighted by Gasteiger charge is 2.36. The first kappa shape index (κ1) is 19.1. The van der Waals surface area contributed by atoms with Crippen LogP contribution in [0.25, 0.3) is 22.4 Å². The van der Waals surface area contributed by atoms with E-state index in [1.165, 1.54) is 11.6 Å². The van der Waals surface area contributed by atoms with E-state index < -0.39 is 8.07 Å². The molecule has 0 amide bonds. The molecule has 1 fully saturated rings. The third-order valence-electron chi connectivity index (χ3n) is 6.16. The van der Waals surface area contributed by atoms with E-state index in [0.717, 1.165) is 36.9 Å². The van der Waals surface area contributed by atoms with E-state index in [2.05, 4.69) is 60.8 Å². The fourth-order valence-electron chi connectivity index (χ4n) is 4.23. The topological polar surface area (TPSA) is 58.6 Å². The number of carbonyl (C=O) groups is 1. The SMILES string of the molecule is CC1(C(=O)c2c[nH]c3ncc(-c4cccc([Si](C)(C)C)c4)nc23)CCCCC1. The zero-order valence-corrected chi connectivity index (χ0v) is 18.3. The van der Waals surface area contributed by atoms with E-state index in [1.807, 2.05) is 0 Å². The number of aromatic amines is 1.